The van der Waals surface area contributed by atoms with Crippen molar-refractivity contribution < 1.29 is 13.6 Å². The van der Waals surface area contributed by atoms with Gasteiger partial charge in [0.15, 0.2) is 0 Å². The SMILES string of the molecule is CN.COP(OC)OC. The van der Waals surface area contributed by atoms with E-state index in [1.165, 1.54) is 7.05 Å². The number of hydrogen-bond donors (Lipinski definition) is 1. The van der Waals surface area contributed by atoms with E-state index in [1.807, 2.05) is 0 Å². The van der Waals surface area contributed by atoms with Crippen LogP contribution in [0.4, 0.5) is 0 Å². The fourth-order valence-electron chi connectivity index (χ4n) is 0.224. The van der Waals surface area contributed by atoms with Crippen LogP contribution in [0.2, 0.25) is 0 Å². The minimum absolute atomic E-state index is 1.05. The van der Waals surface area contributed by atoms with E-state index in [0.29, 0.717) is 0 Å². The van der Waals surface area contributed by atoms with Crippen molar-refractivity contribution >= 4 is 8.60 Å². The molecule has 0 unspecified atom stereocenters. The van der Waals surface area contributed by atoms with Gasteiger partial charge in [-0.2, -0.15) is 0 Å². The Morgan fingerprint density at radius 1 is 0.889 bits per heavy atom. The van der Waals surface area contributed by atoms with E-state index in [1.54, 1.807) is 21.3 Å². The largest absolute Gasteiger partial charge is 0.333 e. The van der Waals surface area contributed by atoms with Gasteiger partial charge in [0.25, 0.3) is 0 Å². The van der Waals surface area contributed by atoms with Gasteiger partial charge in [0.1, 0.15) is 0 Å². The molecule has 0 aliphatic rings. The van der Waals surface area contributed by atoms with Crippen molar-refractivity contribution in [1.82, 2.24) is 0 Å². The van der Waals surface area contributed by atoms with Crippen LogP contribution in [-0.2, 0) is 13.6 Å². The van der Waals surface area contributed by atoms with Gasteiger partial charge >= 0.3 is 8.60 Å². The zero-order valence-corrected chi connectivity index (χ0v) is 7.14. The number of nitrogens with two attached hydrogens (primary N) is 1. The van der Waals surface area contributed by atoms with Gasteiger partial charge in [0.05, 0.1) is 0 Å². The molecule has 9 heavy (non-hydrogen) atoms. The summed E-state index contributed by atoms with van der Waals surface area (Å²) in [6.07, 6.45) is 0. The van der Waals surface area contributed by atoms with Gasteiger partial charge in [-0.1, -0.05) is 0 Å². The molecule has 0 bridgehead atoms. The Morgan fingerprint density at radius 2 is 1.11 bits per heavy atom. The third kappa shape index (κ3) is 8.27. The third-order valence-electron chi connectivity index (χ3n) is 0.447. The van der Waals surface area contributed by atoms with Crippen molar-refractivity contribution in [3.8, 4) is 0 Å². The Morgan fingerprint density at radius 3 is 1.11 bits per heavy atom. The molecule has 2 N–H and O–H groups in total. The Hall–Kier alpha value is 0.270. The molecule has 0 heterocycles. The molecular weight excluding hydrogens is 141 g/mol. The highest BCUT2D eigenvalue weighted by Crippen LogP contribution is 2.35. The summed E-state index contributed by atoms with van der Waals surface area (Å²) in [5.74, 6) is 0. The van der Waals surface area contributed by atoms with Gasteiger partial charge in [0.2, 0.25) is 0 Å². The molecule has 0 aromatic heterocycles. The second kappa shape index (κ2) is 11.1. The fourth-order valence-corrected chi connectivity index (χ4v) is 0.671. The number of rotatable bonds is 3. The predicted molar refractivity (Wildman–Crippen MR) is 38.1 cm³/mol. The quantitative estimate of drug-likeness (QED) is 0.610. The van der Waals surface area contributed by atoms with Crippen LogP contribution in [0.5, 0.6) is 0 Å². The lowest BCUT2D eigenvalue weighted by molar-refractivity contribution is 0.239. The zero-order chi connectivity index (χ0) is 7.70. The molecule has 58 valence electrons. The molecule has 0 radical (unpaired) electrons. The zero-order valence-electron chi connectivity index (χ0n) is 6.25. The van der Waals surface area contributed by atoms with Crippen molar-refractivity contribution in [2.45, 2.75) is 0 Å². The highest BCUT2D eigenvalue weighted by atomic mass is 31.2. The van der Waals surface area contributed by atoms with Gasteiger partial charge < -0.3 is 19.3 Å². The van der Waals surface area contributed by atoms with Crippen molar-refractivity contribution in [2.75, 3.05) is 28.4 Å². The van der Waals surface area contributed by atoms with Crippen LogP contribution in [0, 0.1) is 0 Å². The maximum atomic E-state index is 4.67. The second-order valence-electron chi connectivity index (χ2n) is 0.771. The van der Waals surface area contributed by atoms with Gasteiger partial charge in [-0.15, -0.1) is 0 Å². The first-order valence-corrected chi connectivity index (χ1v) is 3.45. The summed E-state index contributed by atoms with van der Waals surface area (Å²) in [5.41, 5.74) is 4.50. The summed E-state index contributed by atoms with van der Waals surface area (Å²) in [4.78, 5) is 0. The summed E-state index contributed by atoms with van der Waals surface area (Å²) in [5, 5.41) is 0. The van der Waals surface area contributed by atoms with Crippen LogP contribution in [-0.4, -0.2) is 28.4 Å². The molecule has 0 amide bonds. The Bertz CT molecular complexity index is 37.3. The highest BCUT2D eigenvalue weighted by Gasteiger charge is 2.00. The summed E-state index contributed by atoms with van der Waals surface area (Å²) < 4.78 is 14.0. The molecular formula is C4H14NO3P. The average molecular weight is 155 g/mol. The molecule has 0 saturated carbocycles. The molecule has 0 aliphatic heterocycles. The standard InChI is InChI=1S/C3H9O3P.CH5N/c1-4-7(5-2)6-3;1-2/h1-3H3;2H2,1H3. The van der Waals surface area contributed by atoms with Crippen LogP contribution < -0.4 is 5.73 Å². The van der Waals surface area contributed by atoms with Crippen LogP contribution in [0.3, 0.4) is 0 Å². The summed E-state index contributed by atoms with van der Waals surface area (Å²) in [6.45, 7) is 0. The van der Waals surface area contributed by atoms with Gasteiger partial charge in [-0.25, -0.2) is 0 Å². The molecule has 4 nitrogen and oxygen atoms in total. The van der Waals surface area contributed by atoms with Crippen LogP contribution in [0.25, 0.3) is 0 Å². The molecule has 0 aromatic rings. The topological polar surface area (TPSA) is 53.7 Å². The molecule has 0 rings (SSSR count). The highest BCUT2D eigenvalue weighted by molar-refractivity contribution is 7.41. The van der Waals surface area contributed by atoms with Crippen LogP contribution in [0.1, 0.15) is 0 Å². The van der Waals surface area contributed by atoms with E-state index in [9.17, 15) is 0 Å². The predicted octanol–water partition coefficient (Wildman–Crippen LogP) is 0.727. The van der Waals surface area contributed by atoms with Crippen LogP contribution in [0.15, 0.2) is 0 Å². The van der Waals surface area contributed by atoms with E-state index < -0.39 is 8.60 Å². The summed E-state index contributed by atoms with van der Waals surface area (Å²) >= 11 is 0. The molecule has 0 aromatic carbocycles. The van der Waals surface area contributed by atoms with E-state index in [-0.39, 0.29) is 0 Å². The Kier molecular flexibility index (Phi) is 14.8. The Labute approximate surface area is 57.3 Å². The third-order valence-corrected chi connectivity index (χ3v) is 1.34. The first-order chi connectivity index (χ1) is 4.35. The van der Waals surface area contributed by atoms with Crippen molar-refractivity contribution in [1.29, 1.82) is 0 Å². The normalized spacial score (nSPS) is 8.67. The number of hydrogen-bond acceptors (Lipinski definition) is 4. The van der Waals surface area contributed by atoms with E-state index in [2.05, 4.69) is 19.3 Å². The van der Waals surface area contributed by atoms with E-state index in [0.717, 1.165) is 0 Å². The van der Waals surface area contributed by atoms with Crippen molar-refractivity contribution in [2.24, 2.45) is 5.73 Å². The van der Waals surface area contributed by atoms with E-state index >= 15 is 0 Å². The lowest BCUT2D eigenvalue weighted by atomic mass is 11.6. The molecule has 0 spiro atoms. The first kappa shape index (κ1) is 12.0. The molecule has 0 saturated heterocycles. The summed E-state index contributed by atoms with van der Waals surface area (Å²) in [7, 11) is 5.07. The summed E-state index contributed by atoms with van der Waals surface area (Å²) in [6, 6.07) is 0. The molecule has 0 atom stereocenters. The maximum Gasteiger partial charge on any atom is 0.331 e. The molecule has 5 heteroatoms. The fraction of sp³-hybridized carbons (Fsp3) is 1.00. The Balaban J connectivity index is 0. The smallest absolute Gasteiger partial charge is 0.331 e. The van der Waals surface area contributed by atoms with Crippen molar-refractivity contribution in [3.05, 3.63) is 0 Å². The lowest BCUT2D eigenvalue weighted by Crippen LogP contribution is -1.81. The van der Waals surface area contributed by atoms with Crippen molar-refractivity contribution in [3.63, 3.8) is 0 Å². The molecule has 0 aliphatic carbocycles. The second-order valence-corrected chi connectivity index (χ2v) is 2.31. The lowest BCUT2D eigenvalue weighted by Gasteiger charge is -2.05. The van der Waals surface area contributed by atoms with Gasteiger partial charge in [-0.3, -0.25) is 0 Å². The minimum atomic E-state index is -1.05. The average Bonchev–Trinajstić information content (AvgIpc) is 1.96. The van der Waals surface area contributed by atoms with Gasteiger partial charge in [0, 0.05) is 21.3 Å². The maximum absolute atomic E-state index is 4.67. The van der Waals surface area contributed by atoms with Crippen LogP contribution >= 0.6 is 8.60 Å². The van der Waals surface area contributed by atoms with E-state index in [4.69, 9.17) is 0 Å². The minimum Gasteiger partial charge on any atom is -0.333 e. The monoisotopic (exact) mass is 155 g/mol. The molecule has 0 fully saturated rings. The van der Waals surface area contributed by atoms with Gasteiger partial charge in [-0.05, 0) is 7.05 Å². The first-order valence-electron chi connectivity index (χ1n) is 2.35.